The van der Waals surface area contributed by atoms with E-state index in [1.54, 1.807) is 41.8 Å². The number of aryl methyl sites for hydroxylation is 1. The van der Waals surface area contributed by atoms with E-state index >= 15 is 0 Å². The number of thioether (sulfide) groups is 1. The summed E-state index contributed by atoms with van der Waals surface area (Å²) < 4.78 is 0. The molecule has 0 radical (unpaired) electrons. The first kappa shape index (κ1) is 22.4. The fourth-order valence-electron chi connectivity index (χ4n) is 4.03. The minimum absolute atomic E-state index is 0.170. The molecule has 4 rings (SSSR count). The number of carbonyl (C=O) groups excluding carboxylic acids is 2. The van der Waals surface area contributed by atoms with Gasteiger partial charge in [0.05, 0.1) is 11.6 Å². The van der Waals surface area contributed by atoms with E-state index in [2.05, 4.69) is 18.4 Å². The molecule has 0 spiro atoms. The van der Waals surface area contributed by atoms with Gasteiger partial charge in [-0.2, -0.15) is 0 Å². The lowest BCUT2D eigenvalue weighted by atomic mass is 9.91. The van der Waals surface area contributed by atoms with Crippen molar-refractivity contribution in [1.82, 2.24) is 0 Å². The molecule has 2 heterocycles. The van der Waals surface area contributed by atoms with Gasteiger partial charge in [0, 0.05) is 21.4 Å². The zero-order valence-corrected chi connectivity index (χ0v) is 20.1. The van der Waals surface area contributed by atoms with Gasteiger partial charge in [0.25, 0.3) is 5.91 Å². The lowest BCUT2D eigenvalue weighted by molar-refractivity contribution is -0.119. The topological polar surface area (TPSA) is 57.6 Å². The fourth-order valence-corrected chi connectivity index (χ4v) is 5.37. The van der Waals surface area contributed by atoms with Crippen molar-refractivity contribution in [2.45, 2.75) is 31.7 Å². The maximum atomic E-state index is 13.2. The molecule has 6 heteroatoms. The zero-order valence-electron chi connectivity index (χ0n) is 18.5. The SMILES string of the molecule is CSc1ccccc1C1C(C(=O)C(C)C)=C(O)C(=O)N1c1ccc(-c2csc(C)c2)cc1. The number of aliphatic hydroxyl groups is 1. The Kier molecular flexibility index (Phi) is 6.26. The lowest BCUT2D eigenvalue weighted by Crippen LogP contribution is -2.31. The third kappa shape index (κ3) is 3.89. The largest absolute Gasteiger partial charge is 0.503 e. The average Bonchev–Trinajstić information content (AvgIpc) is 3.34. The number of Topliss-reactive ketones (excluding diaryl/α,β-unsaturated/α-hetero) is 1. The van der Waals surface area contributed by atoms with Crippen LogP contribution < -0.4 is 4.90 Å². The first-order valence-corrected chi connectivity index (χ1v) is 12.5. The highest BCUT2D eigenvalue weighted by Crippen LogP contribution is 2.44. The molecule has 0 fully saturated rings. The molecule has 1 amide bonds. The van der Waals surface area contributed by atoms with Crippen LogP contribution in [0.5, 0.6) is 0 Å². The lowest BCUT2D eigenvalue weighted by Gasteiger charge is -2.28. The van der Waals surface area contributed by atoms with Crippen molar-refractivity contribution in [3.05, 3.63) is 81.8 Å². The monoisotopic (exact) mass is 463 g/mol. The van der Waals surface area contributed by atoms with Crippen LogP contribution in [-0.4, -0.2) is 23.1 Å². The highest BCUT2D eigenvalue weighted by atomic mass is 32.2. The van der Waals surface area contributed by atoms with E-state index in [-0.39, 0.29) is 17.3 Å². The Morgan fingerprint density at radius 3 is 2.38 bits per heavy atom. The van der Waals surface area contributed by atoms with Crippen molar-refractivity contribution in [2.24, 2.45) is 5.92 Å². The third-order valence-corrected chi connectivity index (χ3v) is 7.31. The highest BCUT2D eigenvalue weighted by molar-refractivity contribution is 7.98. The second kappa shape index (κ2) is 8.96. The number of anilines is 1. The number of ketones is 1. The number of benzene rings is 2. The summed E-state index contributed by atoms with van der Waals surface area (Å²) in [7, 11) is 0. The summed E-state index contributed by atoms with van der Waals surface area (Å²) >= 11 is 3.25. The van der Waals surface area contributed by atoms with E-state index in [1.807, 2.05) is 54.8 Å². The van der Waals surface area contributed by atoms with Gasteiger partial charge in [-0.25, -0.2) is 0 Å². The van der Waals surface area contributed by atoms with E-state index in [4.69, 9.17) is 0 Å². The van der Waals surface area contributed by atoms with Crippen LogP contribution in [0.15, 0.2) is 76.2 Å². The molecule has 1 unspecified atom stereocenters. The molecule has 1 atom stereocenters. The van der Waals surface area contributed by atoms with Gasteiger partial charge in [0.1, 0.15) is 0 Å². The molecule has 32 heavy (non-hydrogen) atoms. The van der Waals surface area contributed by atoms with Crippen molar-refractivity contribution >= 4 is 40.5 Å². The molecular weight excluding hydrogens is 438 g/mol. The van der Waals surface area contributed by atoms with Gasteiger partial charge < -0.3 is 5.11 Å². The van der Waals surface area contributed by atoms with Crippen LogP contribution in [0.2, 0.25) is 0 Å². The quantitative estimate of drug-likeness (QED) is 0.420. The zero-order chi connectivity index (χ0) is 23.0. The highest BCUT2D eigenvalue weighted by Gasteiger charge is 2.45. The van der Waals surface area contributed by atoms with Gasteiger partial charge in [0.2, 0.25) is 0 Å². The number of carbonyl (C=O) groups is 2. The van der Waals surface area contributed by atoms with E-state index in [1.165, 1.54) is 4.88 Å². The number of thiophene rings is 1. The van der Waals surface area contributed by atoms with Gasteiger partial charge in [-0.15, -0.1) is 23.1 Å². The van der Waals surface area contributed by atoms with Crippen LogP contribution in [0, 0.1) is 12.8 Å². The summed E-state index contributed by atoms with van der Waals surface area (Å²) in [6, 6.07) is 16.9. The maximum Gasteiger partial charge on any atom is 0.294 e. The third-order valence-electron chi connectivity index (χ3n) is 5.64. The van der Waals surface area contributed by atoms with Gasteiger partial charge >= 0.3 is 0 Å². The summed E-state index contributed by atoms with van der Waals surface area (Å²) in [6.45, 7) is 5.64. The smallest absolute Gasteiger partial charge is 0.294 e. The van der Waals surface area contributed by atoms with E-state index < -0.39 is 17.7 Å². The second-order valence-electron chi connectivity index (χ2n) is 8.09. The van der Waals surface area contributed by atoms with E-state index in [0.29, 0.717) is 5.69 Å². The summed E-state index contributed by atoms with van der Waals surface area (Å²) in [5, 5.41) is 12.9. The number of nitrogens with zero attached hydrogens (tertiary/aromatic N) is 1. The number of aliphatic hydroxyl groups excluding tert-OH is 1. The minimum atomic E-state index is -0.671. The van der Waals surface area contributed by atoms with Crippen molar-refractivity contribution in [3.8, 4) is 11.1 Å². The predicted octanol–water partition coefficient (Wildman–Crippen LogP) is 6.57. The normalized spacial score (nSPS) is 16.3. The van der Waals surface area contributed by atoms with Crippen LogP contribution in [-0.2, 0) is 9.59 Å². The van der Waals surface area contributed by atoms with Gasteiger partial charge in [0.15, 0.2) is 11.5 Å². The van der Waals surface area contributed by atoms with Crippen LogP contribution in [0.1, 0.15) is 30.3 Å². The van der Waals surface area contributed by atoms with Crippen molar-refractivity contribution in [1.29, 1.82) is 0 Å². The molecule has 1 aromatic heterocycles. The van der Waals surface area contributed by atoms with E-state index in [9.17, 15) is 14.7 Å². The van der Waals surface area contributed by atoms with Gasteiger partial charge in [-0.1, -0.05) is 44.2 Å². The molecule has 3 aromatic rings. The van der Waals surface area contributed by atoms with Crippen molar-refractivity contribution < 1.29 is 14.7 Å². The molecule has 0 saturated carbocycles. The van der Waals surface area contributed by atoms with Crippen LogP contribution >= 0.6 is 23.1 Å². The van der Waals surface area contributed by atoms with Gasteiger partial charge in [-0.05, 0) is 59.5 Å². The predicted molar refractivity (Wildman–Crippen MR) is 132 cm³/mol. The summed E-state index contributed by atoms with van der Waals surface area (Å²) in [5.74, 6) is -1.56. The molecule has 4 nitrogen and oxygen atoms in total. The number of rotatable bonds is 6. The molecular formula is C26H25NO3S2. The molecule has 164 valence electrons. The molecule has 0 saturated heterocycles. The van der Waals surface area contributed by atoms with E-state index in [0.717, 1.165) is 21.6 Å². The summed E-state index contributed by atoms with van der Waals surface area (Å²) in [5.41, 5.74) is 3.84. The average molecular weight is 464 g/mol. The molecule has 1 aliphatic rings. The maximum absolute atomic E-state index is 13.2. The Morgan fingerprint density at radius 2 is 1.78 bits per heavy atom. The Morgan fingerprint density at radius 1 is 1.09 bits per heavy atom. The number of amides is 1. The minimum Gasteiger partial charge on any atom is -0.503 e. The number of hydrogen-bond acceptors (Lipinski definition) is 5. The molecule has 1 aliphatic heterocycles. The summed E-state index contributed by atoms with van der Waals surface area (Å²) in [6.07, 6.45) is 1.96. The van der Waals surface area contributed by atoms with Gasteiger partial charge in [-0.3, -0.25) is 14.5 Å². The standard InChI is InChI=1S/C26H25NO3S2/c1-15(2)24(28)22-23(20-7-5-6-8-21(20)31-4)27(26(30)25(22)29)19-11-9-17(10-12-19)18-13-16(3)32-14-18/h5-15,23,29H,1-4H3. The molecule has 2 aromatic carbocycles. The first-order valence-electron chi connectivity index (χ1n) is 10.4. The first-order chi connectivity index (χ1) is 15.3. The number of hydrogen-bond donors (Lipinski definition) is 1. The Labute approximate surface area is 196 Å². The summed E-state index contributed by atoms with van der Waals surface area (Å²) in [4.78, 5) is 30.1. The fraction of sp³-hybridized carbons (Fsp3) is 0.231. The Hall–Kier alpha value is -2.83. The second-order valence-corrected chi connectivity index (χ2v) is 10.1. The molecule has 0 bridgehead atoms. The molecule has 0 aliphatic carbocycles. The van der Waals surface area contributed by atoms with Crippen LogP contribution in [0.3, 0.4) is 0 Å². The Bertz CT molecular complexity index is 1210. The van der Waals surface area contributed by atoms with Crippen molar-refractivity contribution in [2.75, 3.05) is 11.2 Å². The Balaban J connectivity index is 1.83. The van der Waals surface area contributed by atoms with Crippen LogP contribution in [0.4, 0.5) is 5.69 Å². The van der Waals surface area contributed by atoms with Crippen molar-refractivity contribution in [3.63, 3.8) is 0 Å². The molecule has 1 N–H and O–H groups in total. The van der Waals surface area contributed by atoms with Crippen LogP contribution in [0.25, 0.3) is 11.1 Å².